The number of carboxylic acids is 3. The van der Waals surface area contributed by atoms with E-state index < -0.39 is 42.3 Å². The van der Waals surface area contributed by atoms with Gasteiger partial charge in [0.15, 0.2) is 0 Å². The van der Waals surface area contributed by atoms with Crippen LogP contribution < -0.4 is 10.6 Å². The highest BCUT2D eigenvalue weighted by Crippen LogP contribution is 2.02. The van der Waals surface area contributed by atoms with Gasteiger partial charge in [-0.25, -0.2) is 4.79 Å². The van der Waals surface area contributed by atoms with Crippen molar-refractivity contribution in [1.29, 1.82) is 0 Å². The Labute approximate surface area is 134 Å². The summed E-state index contributed by atoms with van der Waals surface area (Å²) < 4.78 is 0. The minimum atomic E-state index is -1.55. The summed E-state index contributed by atoms with van der Waals surface area (Å²) in [6, 6.07) is -2.43. The quantitative estimate of drug-likeness (QED) is 0.296. The number of nitrogens with one attached hydrogen (secondary N) is 2. The van der Waals surface area contributed by atoms with Gasteiger partial charge in [-0.3, -0.25) is 14.4 Å². The number of unbranched alkanes of at least 4 members (excludes halogenated alkanes) is 2. The maximum atomic E-state index is 12.1. The molecule has 0 radical (unpaired) electrons. The van der Waals surface area contributed by atoms with E-state index in [0.717, 1.165) is 19.3 Å². The molecule has 2 atom stereocenters. The fourth-order valence-corrected chi connectivity index (χ4v) is 1.89. The maximum absolute atomic E-state index is 12.1. The monoisotopic (exact) mass is 332 g/mol. The molecule has 0 bridgehead atoms. The minimum Gasteiger partial charge on any atom is -0.481 e. The zero-order chi connectivity index (χ0) is 17.8. The van der Waals surface area contributed by atoms with Gasteiger partial charge in [-0.1, -0.05) is 19.8 Å². The molecule has 0 aliphatic heterocycles. The molecule has 9 heteroatoms. The van der Waals surface area contributed by atoms with Gasteiger partial charge >= 0.3 is 17.9 Å². The van der Waals surface area contributed by atoms with E-state index in [4.69, 9.17) is 15.3 Å². The van der Waals surface area contributed by atoms with Gasteiger partial charge in [-0.05, 0) is 19.4 Å². The summed E-state index contributed by atoms with van der Waals surface area (Å²) in [7, 11) is 0. The molecule has 0 aromatic heterocycles. The molecule has 9 nitrogen and oxygen atoms in total. The molecule has 23 heavy (non-hydrogen) atoms. The third-order valence-electron chi connectivity index (χ3n) is 3.13. The predicted octanol–water partition coefficient (Wildman–Crippen LogP) is 0.0437. The molecule has 132 valence electrons. The second-order valence-corrected chi connectivity index (χ2v) is 5.14. The molecule has 5 N–H and O–H groups in total. The first-order valence-electron chi connectivity index (χ1n) is 7.48. The molecule has 0 heterocycles. The van der Waals surface area contributed by atoms with Crippen LogP contribution in [0.5, 0.6) is 0 Å². The summed E-state index contributed by atoms with van der Waals surface area (Å²) in [5.41, 5.74) is 0. The second-order valence-electron chi connectivity index (χ2n) is 5.14. The predicted molar refractivity (Wildman–Crippen MR) is 80.0 cm³/mol. The van der Waals surface area contributed by atoms with Gasteiger partial charge in [0, 0.05) is 6.42 Å². The average molecular weight is 332 g/mol. The smallest absolute Gasteiger partial charge is 0.326 e. The Kier molecular flexibility index (Phi) is 10.3. The molecule has 0 aromatic rings. The van der Waals surface area contributed by atoms with Gasteiger partial charge in [0.05, 0.1) is 12.5 Å². The highest BCUT2D eigenvalue weighted by molar-refractivity contribution is 5.89. The summed E-state index contributed by atoms with van der Waals surface area (Å²) in [4.78, 5) is 44.3. The summed E-state index contributed by atoms with van der Waals surface area (Å²) in [6.45, 7) is 2.50. The average Bonchev–Trinajstić information content (AvgIpc) is 2.44. The van der Waals surface area contributed by atoms with Crippen LogP contribution in [-0.4, -0.2) is 57.8 Å². The molecule has 0 spiro atoms. The van der Waals surface area contributed by atoms with Crippen molar-refractivity contribution in [1.82, 2.24) is 10.6 Å². The van der Waals surface area contributed by atoms with Crippen LogP contribution in [0, 0.1) is 0 Å². The topological polar surface area (TPSA) is 153 Å². The third-order valence-corrected chi connectivity index (χ3v) is 3.13. The molecular weight excluding hydrogens is 308 g/mol. The van der Waals surface area contributed by atoms with Crippen LogP contribution in [0.1, 0.15) is 45.4 Å². The van der Waals surface area contributed by atoms with Crippen LogP contribution in [0.3, 0.4) is 0 Å². The lowest BCUT2D eigenvalue weighted by atomic mass is 10.1. The van der Waals surface area contributed by atoms with Crippen molar-refractivity contribution in [3.63, 3.8) is 0 Å². The molecule has 0 aliphatic rings. The Balaban J connectivity index is 4.69. The second kappa shape index (κ2) is 11.4. The molecule has 2 unspecified atom stereocenters. The van der Waals surface area contributed by atoms with E-state index in [9.17, 15) is 19.2 Å². The van der Waals surface area contributed by atoms with Crippen LogP contribution in [0.15, 0.2) is 0 Å². The Hall–Kier alpha value is -2.16. The lowest BCUT2D eigenvalue weighted by Gasteiger charge is -2.20. The van der Waals surface area contributed by atoms with Crippen LogP contribution in [0.25, 0.3) is 0 Å². The first-order chi connectivity index (χ1) is 10.8. The van der Waals surface area contributed by atoms with Gasteiger partial charge in [0.1, 0.15) is 6.04 Å². The molecular formula is C14H24N2O7. The lowest BCUT2D eigenvalue weighted by molar-refractivity contribution is -0.147. The van der Waals surface area contributed by atoms with Crippen LogP contribution in [-0.2, 0) is 19.2 Å². The van der Waals surface area contributed by atoms with E-state index in [1.54, 1.807) is 0 Å². The Morgan fingerprint density at radius 3 is 2.09 bits per heavy atom. The Morgan fingerprint density at radius 1 is 0.957 bits per heavy atom. The zero-order valence-corrected chi connectivity index (χ0v) is 13.1. The highest BCUT2D eigenvalue weighted by atomic mass is 16.4. The van der Waals surface area contributed by atoms with Crippen molar-refractivity contribution < 1.29 is 34.5 Å². The number of hydrogen-bond acceptors (Lipinski definition) is 5. The highest BCUT2D eigenvalue weighted by Gasteiger charge is 2.27. The van der Waals surface area contributed by atoms with Gasteiger partial charge in [-0.2, -0.15) is 0 Å². The first-order valence-corrected chi connectivity index (χ1v) is 7.48. The molecule has 0 fully saturated rings. The van der Waals surface area contributed by atoms with Crippen LogP contribution in [0.2, 0.25) is 0 Å². The van der Waals surface area contributed by atoms with Gasteiger partial charge < -0.3 is 26.0 Å². The minimum absolute atomic E-state index is 0.00724. The number of carboxylic acid groups (broad SMARTS) is 3. The van der Waals surface area contributed by atoms with Crippen LogP contribution >= 0.6 is 0 Å². The fraction of sp³-hybridized carbons (Fsp3) is 0.714. The summed E-state index contributed by atoms with van der Waals surface area (Å²) >= 11 is 0. The van der Waals surface area contributed by atoms with Gasteiger partial charge in [-0.15, -0.1) is 0 Å². The number of amides is 1. The molecule has 0 aromatic carbocycles. The normalized spacial score (nSPS) is 13.1. The lowest BCUT2D eigenvalue weighted by Crippen LogP contribution is -2.51. The third kappa shape index (κ3) is 10.2. The van der Waals surface area contributed by atoms with Gasteiger partial charge in [0.2, 0.25) is 5.91 Å². The van der Waals surface area contributed by atoms with Gasteiger partial charge in [0.25, 0.3) is 0 Å². The van der Waals surface area contributed by atoms with Crippen LogP contribution in [0.4, 0.5) is 0 Å². The Bertz CT molecular complexity index is 425. The molecule has 0 rings (SSSR count). The van der Waals surface area contributed by atoms with Crippen molar-refractivity contribution in [2.75, 3.05) is 6.54 Å². The van der Waals surface area contributed by atoms with E-state index in [0.29, 0.717) is 6.54 Å². The Morgan fingerprint density at radius 2 is 1.61 bits per heavy atom. The zero-order valence-electron chi connectivity index (χ0n) is 13.1. The number of aliphatic carboxylic acids is 3. The van der Waals surface area contributed by atoms with E-state index in [-0.39, 0.29) is 12.8 Å². The molecule has 0 saturated carbocycles. The van der Waals surface area contributed by atoms with E-state index in [1.165, 1.54) is 0 Å². The standard InChI is InChI=1S/C14H24N2O7/c1-2-3-4-7-15-9(5-6-11(17)18)13(21)16-10(14(22)23)8-12(19)20/h9-10,15H,2-8H2,1H3,(H,16,21)(H,17,18)(H,19,20)(H,22,23). The van der Waals surface area contributed by atoms with Crippen molar-refractivity contribution in [2.24, 2.45) is 0 Å². The largest absolute Gasteiger partial charge is 0.481 e. The SMILES string of the molecule is CCCCCNC(CCC(=O)O)C(=O)NC(CC(=O)O)C(=O)O. The van der Waals surface area contributed by atoms with E-state index in [1.807, 2.05) is 6.92 Å². The summed E-state index contributed by atoms with van der Waals surface area (Å²) in [5.74, 6) is -4.59. The molecule has 0 aliphatic carbocycles. The van der Waals surface area contributed by atoms with Crippen molar-refractivity contribution in [3.05, 3.63) is 0 Å². The van der Waals surface area contributed by atoms with Crippen molar-refractivity contribution >= 4 is 23.8 Å². The maximum Gasteiger partial charge on any atom is 0.326 e. The number of carbonyl (C=O) groups is 4. The van der Waals surface area contributed by atoms with E-state index in [2.05, 4.69) is 10.6 Å². The number of rotatable bonds is 13. The molecule has 1 amide bonds. The van der Waals surface area contributed by atoms with Crippen molar-refractivity contribution in [2.45, 2.75) is 57.5 Å². The summed E-state index contributed by atoms with van der Waals surface area (Å²) in [6.07, 6.45) is 1.71. The number of carbonyl (C=O) groups excluding carboxylic acids is 1. The molecule has 0 saturated heterocycles. The van der Waals surface area contributed by atoms with E-state index >= 15 is 0 Å². The number of hydrogen-bond donors (Lipinski definition) is 5. The van der Waals surface area contributed by atoms with Crippen molar-refractivity contribution in [3.8, 4) is 0 Å². The summed E-state index contributed by atoms with van der Waals surface area (Å²) in [5, 5.41) is 31.3. The first kappa shape index (κ1) is 20.8. The fourth-order valence-electron chi connectivity index (χ4n) is 1.89.